The van der Waals surface area contributed by atoms with Gasteiger partial charge in [-0.15, -0.1) is 12.6 Å². The lowest BCUT2D eigenvalue weighted by Gasteiger charge is -2.25. The second kappa shape index (κ2) is 8.84. The maximum Gasteiger partial charge on any atom is 0.00292 e. The standard InChI is InChI=1S/C12H18S.C2H6/c1-3-4-8-12(13)10(2)9-11-6-5-7-11;1-2/h3-4,8,11,13H,1,5-7,9H2,2H3;1-2H3/b8-4-,12-10-;. The van der Waals surface area contributed by atoms with Crippen LogP contribution in [0, 0.1) is 5.92 Å². The van der Waals surface area contributed by atoms with Gasteiger partial charge in [-0.3, -0.25) is 0 Å². The smallest absolute Gasteiger partial charge is 0.00292 e. The van der Waals surface area contributed by atoms with E-state index in [2.05, 4.69) is 26.1 Å². The summed E-state index contributed by atoms with van der Waals surface area (Å²) in [5.41, 5.74) is 1.41. The molecule has 86 valence electrons. The van der Waals surface area contributed by atoms with E-state index in [9.17, 15) is 0 Å². The van der Waals surface area contributed by atoms with Crippen molar-refractivity contribution in [1.82, 2.24) is 0 Å². The molecule has 0 aliphatic heterocycles. The average molecular weight is 224 g/mol. The van der Waals surface area contributed by atoms with E-state index in [0.29, 0.717) is 0 Å². The summed E-state index contributed by atoms with van der Waals surface area (Å²) in [5.74, 6) is 0.930. The maximum atomic E-state index is 4.44. The Kier molecular flexibility index (Phi) is 8.59. The van der Waals surface area contributed by atoms with Crippen molar-refractivity contribution >= 4 is 12.6 Å². The summed E-state index contributed by atoms with van der Waals surface area (Å²) < 4.78 is 0. The highest BCUT2D eigenvalue weighted by Crippen LogP contribution is 2.33. The number of rotatable bonds is 4. The van der Waals surface area contributed by atoms with E-state index in [1.807, 2.05) is 26.0 Å². The largest absolute Gasteiger partial charge is 0.143 e. The van der Waals surface area contributed by atoms with Crippen molar-refractivity contribution in [3.05, 3.63) is 35.3 Å². The Morgan fingerprint density at radius 3 is 2.40 bits per heavy atom. The topological polar surface area (TPSA) is 0 Å². The van der Waals surface area contributed by atoms with Crippen LogP contribution in [0.2, 0.25) is 0 Å². The third-order valence-corrected chi connectivity index (χ3v) is 3.18. The lowest BCUT2D eigenvalue weighted by Crippen LogP contribution is -2.11. The van der Waals surface area contributed by atoms with E-state index in [0.717, 1.165) is 10.8 Å². The average Bonchev–Trinajstić information content (AvgIpc) is 2.22. The van der Waals surface area contributed by atoms with Gasteiger partial charge >= 0.3 is 0 Å². The van der Waals surface area contributed by atoms with Gasteiger partial charge in [-0.1, -0.05) is 57.4 Å². The molecular formula is C14H24S. The van der Waals surface area contributed by atoms with E-state index in [1.54, 1.807) is 6.08 Å². The first-order chi connectivity index (χ1) is 7.24. The quantitative estimate of drug-likeness (QED) is 0.495. The van der Waals surface area contributed by atoms with Crippen LogP contribution in [0.4, 0.5) is 0 Å². The Morgan fingerprint density at radius 2 is 2.00 bits per heavy atom. The van der Waals surface area contributed by atoms with Gasteiger partial charge in [-0.25, -0.2) is 0 Å². The van der Waals surface area contributed by atoms with Gasteiger partial charge in [0.05, 0.1) is 0 Å². The van der Waals surface area contributed by atoms with Crippen molar-refractivity contribution in [2.45, 2.75) is 46.5 Å². The predicted molar refractivity (Wildman–Crippen MR) is 74.3 cm³/mol. The molecule has 1 aliphatic carbocycles. The number of thiol groups is 1. The van der Waals surface area contributed by atoms with Gasteiger partial charge in [-0.2, -0.15) is 0 Å². The maximum absolute atomic E-state index is 4.44. The van der Waals surface area contributed by atoms with Crippen LogP contribution < -0.4 is 0 Å². The molecule has 0 spiro atoms. The van der Waals surface area contributed by atoms with Gasteiger partial charge < -0.3 is 0 Å². The van der Waals surface area contributed by atoms with Crippen molar-refractivity contribution in [3.63, 3.8) is 0 Å². The first-order valence-corrected chi connectivity index (χ1v) is 6.36. The number of allylic oxidation sites excluding steroid dienone is 4. The molecule has 1 fully saturated rings. The number of hydrogen-bond acceptors (Lipinski definition) is 1. The summed E-state index contributed by atoms with van der Waals surface area (Å²) in [6.07, 6.45) is 11.2. The minimum Gasteiger partial charge on any atom is -0.143 e. The van der Waals surface area contributed by atoms with Crippen LogP contribution >= 0.6 is 12.6 Å². The summed E-state index contributed by atoms with van der Waals surface area (Å²) in [4.78, 5) is 1.10. The van der Waals surface area contributed by atoms with Crippen molar-refractivity contribution in [1.29, 1.82) is 0 Å². The molecule has 1 rings (SSSR count). The van der Waals surface area contributed by atoms with Crippen molar-refractivity contribution < 1.29 is 0 Å². The lowest BCUT2D eigenvalue weighted by atomic mass is 9.81. The molecule has 0 aromatic carbocycles. The fourth-order valence-corrected chi connectivity index (χ4v) is 1.71. The SMILES string of the molecule is C=C/C=C\C(S)=C(/C)CC1CCC1.CC. The Balaban J connectivity index is 0.000000921. The molecule has 0 aromatic rings. The minimum absolute atomic E-state index is 0.930. The molecule has 15 heavy (non-hydrogen) atoms. The molecule has 0 saturated heterocycles. The Labute approximate surface area is 101 Å². The van der Waals surface area contributed by atoms with Gasteiger partial charge in [0.15, 0.2) is 0 Å². The van der Waals surface area contributed by atoms with Crippen LogP contribution in [0.1, 0.15) is 46.5 Å². The van der Waals surface area contributed by atoms with Crippen LogP contribution in [0.15, 0.2) is 35.3 Å². The normalized spacial score (nSPS) is 17.6. The van der Waals surface area contributed by atoms with Gasteiger partial charge in [0.1, 0.15) is 0 Å². The van der Waals surface area contributed by atoms with E-state index in [1.165, 1.54) is 31.3 Å². The van der Waals surface area contributed by atoms with Crippen LogP contribution in [0.3, 0.4) is 0 Å². The highest BCUT2D eigenvalue weighted by Gasteiger charge is 2.17. The summed E-state index contributed by atoms with van der Waals surface area (Å²) >= 11 is 4.44. The Bertz CT molecular complexity index is 232. The summed E-state index contributed by atoms with van der Waals surface area (Å²) in [7, 11) is 0. The zero-order valence-corrected chi connectivity index (χ0v) is 11.2. The van der Waals surface area contributed by atoms with Gasteiger partial charge in [0.2, 0.25) is 0 Å². The van der Waals surface area contributed by atoms with Crippen LogP contribution in [-0.2, 0) is 0 Å². The summed E-state index contributed by atoms with van der Waals surface area (Å²) in [6.45, 7) is 9.81. The molecule has 0 nitrogen and oxygen atoms in total. The molecular weight excluding hydrogens is 200 g/mol. The molecule has 0 atom stereocenters. The van der Waals surface area contributed by atoms with E-state index in [-0.39, 0.29) is 0 Å². The molecule has 1 saturated carbocycles. The van der Waals surface area contributed by atoms with E-state index >= 15 is 0 Å². The Hall–Kier alpha value is -0.430. The third-order valence-electron chi connectivity index (χ3n) is 2.65. The fourth-order valence-electron chi connectivity index (χ4n) is 1.54. The fraction of sp³-hybridized carbons (Fsp3) is 0.571. The molecule has 1 heteroatoms. The summed E-state index contributed by atoms with van der Waals surface area (Å²) in [6, 6.07) is 0. The van der Waals surface area contributed by atoms with Gasteiger partial charge in [0.25, 0.3) is 0 Å². The molecule has 0 unspecified atom stereocenters. The van der Waals surface area contributed by atoms with Crippen molar-refractivity contribution in [2.24, 2.45) is 5.92 Å². The summed E-state index contributed by atoms with van der Waals surface area (Å²) in [5, 5.41) is 0. The zero-order chi connectivity index (χ0) is 11.7. The number of hydrogen-bond donors (Lipinski definition) is 1. The second-order valence-electron chi connectivity index (χ2n) is 3.76. The predicted octanol–water partition coefficient (Wildman–Crippen LogP) is 5.15. The highest BCUT2D eigenvalue weighted by atomic mass is 32.1. The molecule has 0 N–H and O–H groups in total. The minimum atomic E-state index is 0.930. The second-order valence-corrected chi connectivity index (χ2v) is 4.24. The molecule has 0 bridgehead atoms. The van der Waals surface area contributed by atoms with Crippen LogP contribution in [0.25, 0.3) is 0 Å². The molecule has 1 aliphatic rings. The first kappa shape index (κ1) is 14.6. The third kappa shape index (κ3) is 5.88. The molecule has 0 heterocycles. The lowest BCUT2D eigenvalue weighted by molar-refractivity contribution is 0.314. The van der Waals surface area contributed by atoms with Crippen LogP contribution in [-0.4, -0.2) is 0 Å². The van der Waals surface area contributed by atoms with E-state index in [4.69, 9.17) is 0 Å². The van der Waals surface area contributed by atoms with Gasteiger partial charge in [-0.05, 0) is 25.3 Å². The van der Waals surface area contributed by atoms with Crippen LogP contribution in [0.5, 0.6) is 0 Å². The van der Waals surface area contributed by atoms with Gasteiger partial charge in [0, 0.05) is 4.91 Å². The highest BCUT2D eigenvalue weighted by molar-refractivity contribution is 7.84. The Morgan fingerprint density at radius 1 is 1.40 bits per heavy atom. The van der Waals surface area contributed by atoms with E-state index < -0.39 is 0 Å². The monoisotopic (exact) mass is 224 g/mol. The van der Waals surface area contributed by atoms with Crippen molar-refractivity contribution in [3.8, 4) is 0 Å². The molecule has 0 aromatic heterocycles. The molecule has 0 amide bonds. The first-order valence-electron chi connectivity index (χ1n) is 5.92. The van der Waals surface area contributed by atoms with Crippen molar-refractivity contribution in [2.75, 3.05) is 0 Å². The molecule has 0 radical (unpaired) electrons. The zero-order valence-electron chi connectivity index (χ0n) is 10.3.